The van der Waals surface area contributed by atoms with Crippen molar-refractivity contribution in [3.05, 3.63) is 29.6 Å². The first-order valence-corrected chi connectivity index (χ1v) is 6.52. The second kappa shape index (κ2) is 5.58. The lowest BCUT2D eigenvalue weighted by Gasteiger charge is -2.35. The fourth-order valence-corrected chi connectivity index (χ4v) is 2.34. The Balaban J connectivity index is 2.38. The fourth-order valence-electron chi connectivity index (χ4n) is 2.34. The Kier molecular flexibility index (Phi) is 4.04. The third-order valence-corrected chi connectivity index (χ3v) is 3.41. The van der Waals surface area contributed by atoms with Crippen LogP contribution in [0.15, 0.2) is 18.2 Å². The number of rotatable bonds is 3. The van der Waals surface area contributed by atoms with E-state index in [1.807, 2.05) is 0 Å². The summed E-state index contributed by atoms with van der Waals surface area (Å²) < 4.78 is 14.2. The maximum atomic E-state index is 14.2. The number of nitrogens with one attached hydrogen (secondary N) is 1. The summed E-state index contributed by atoms with van der Waals surface area (Å²) in [5, 5.41) is 11.7. The van der Waals surface area contributed by atoms with Crippen LogP contribution < -0.4 is 10.2 Å². The van der Waals surface area contributed by atoms with E-state index in [4.69, 9.17) is 0 Å². The van der Waals surface area contributed by atoms with Crippen LogP contribution in [0, 0.1) is 5.82 Å². The molecule has 0 aliphatic carbocycles. The number of carbonyl (C=O) groups excluding carboxylic acids is 2. The smallest absolute Gasteiger partial charge is 0.249 e. The first kappa shape index (κ1) is 14.5. The molecule has 0 bridgehead atoms. The van der Waals surface area contributed by atoms with Gasteiger partial charge in [-0.3, -0.25) is 14.9 Å². The number of piperazine rings is 1. The van der Waals surface area contributed by atoms with E-state index in [1.54, 1.807) is 19.9 Å². The predicted octanol–water partition coefficient (Wildman–Crippen LogP) is 1.12. The molecule has 2 unspecified atom stereocenters. The van der Waals surface area contributed by atoms with Gasteiger partial charge in [0.2, 0.25) is 11.8 Å². The molecule has 2 N–H and O–H groups in total. The third-order valence-electron chi connectivity index (χ3n) is 3.41. The van der Waals surface area contributed by atoms with Crippen molar-refractivity contribution >= 4 is 17.5 Å². The molecule has 0 aromatic heterocycles. The first-order valence-electron chi connectivity index (χ1n) is 6.52. The molecule has 1 aromatic carbocycles. The molecule has 1 saturated heterocycles. The van der Waals surface area contributed by atoms with Crippen LogP contribution in [-0.4, -0.2) is 29.5 Å². The summed E-state index contributed by atoms with van der Waals surface area (Å²) in [6.45, 7) is 3.28. The van der Waals surface area contributed by atoms with Gasteiger partial charge in [-0.05, 0) is 31.0 Å². The molecule has 1 fully saturated rings. The van der Waals surface area contributed by atoms with E-state index in [1.165, 1.54) is 17.0 Å². The number of anilines is 1. The molecule has 1 heterocycles. The van der Waals surface area contributed by atoms with E-state index in [2.05, 4.69) is 5.32 Å². The number of benzene rings is 1. The Labute approximate surface area is 116 Å². The number of aliphatic hydroxyl groups is 1. The van der Waals surface area contributed by atoms with E-state index >= 15 is 0 Å². The average molecular weight is 280 g/mol. The van der Waals surface area contributed by atoms with Crippen molar-refractivity contribution in [2.75, 3.05) is 11.4 Å². The van der Waals surface area contributed by atoms with Gasteiger partial charge in [0.25, 0.3) is 0 Å². The zero-order valence-electron chi connectivity index (χ0n) is 11.4. The van der Waals surface area contributed by atoms with Gasteiger partial charge in [0.15, 0.2) is 0 Å². The van der Waals surface area contributed by atoms with Crippen LogP contribution in [0.2, 0.25) is 0 Å². The third kappa shape index (κ3) is 2.65. The molecule has 6 heteroatoms. The quantitative estimate of drug-likeness (QED) is 0.814. The highest BCUT2D eigenvalue weighted by molar-refractivity contribution is 6.04. The van der Waals surface area contributed by atoms with Gasteiger partial charge < -0.3 is 10.0 Å². The molecular weight excluding hydrogens is 263 g/mol. The van der Waals surface area contributed by atoms with Crippen molar-refractivity contribution in [2.45, 2.75) is 32.4 Å². The minimum absolute atomic E-state index is 0.0603. The van der Waals surface area contributed by atoms with E-state index in [-0.39, 0.29) is 12.2 Å². The monoisotopic (exact) mass is 280 g/mol. The molecule has 5 nitrogen and oxygen atoms in total. The van der Waals surface area contributed by atoms with Gasteiger partial charge >= 0.3 is 0 Å². The summed E-state index contributed by atoms with van der Waals surface area (Å²) >= 11 is 0. The molecule has 0 saturated carbocycles. The molecule has 0 radical (unpaired) electrons. The zero-order chi connectivity index (χ0) is 14.9. The zero-order valence-corrected chi connectivity index (χ0v) is 11.4. The minimum Gasteiger partial charge on any atom is -0.389 e. The minimum atomic E-state index is -0.771. The molecule has 2 rings (SSSR count). The molecule has 1 aliphatic rings. The van der Waals surface area contributed by atoms with E-state index < -0.39 is 29.8 Å². The number of carbonyl (C=O) groups is 2. The largest absolute Gasteiger partial charge is 0.389 e. The van der Waals surface area contributed by atoms with Crippen LogP contribution in [0.3, 0.4) is 0 Å². The lowest BCUT2D eigenvalue weighted by atomic mass is 10.1. The van der Waals surface area contributed by atoms with Crippen LogP contribution in [-0.2, 0) is 9.59 Å². The van der Waals surface area contributed by atoms with Gasteiger partial charge in [-0.2, -0.15) is 0 Å². The highest BCUT2D eigenvalue weighted by Gasteiger charge is 2.33. The maximum Gasteiger partial charge on any atom is 0.249 e. The Morgan fingerprint density at radius 3 is 2.75 bits per heavy atom. The number of nitrogens with zero attached hydrogens (tertiary/aromatic N) is 1. The molecular formula is C14H17FN2O3. The summed E-state index contributed by atoms with van der Waals surface area (Å²) in [6.07, 6.45) is -0.303. The molecule has 108 valence electrons. The van der Waals surface area contributed by atoms with Crippen molar-refractivity contribution in [1.82, 2.24) is 5.32 Å². The van der Waals surface area contributed by atoms with Crippen LogP contribution in [0.4, 0.5) is 10.1 Å². The Bertz CT molecular complexity index is 545. The summed E-state index contributed by atoms with van der Waals surface area (Å²) in [6, 6.07) is 3.74. The van der Waals surface area contributed by atoms with Gasteiger partial charge in [-0.15, -0.1) is 0 Å². The Hall–Kier alpha value is -1.95. The summed E-state index contributed by atoms with van der Waals surface area (Å²) in [7, 11) is 0. The lowest BCUT2D eigenvalue weighted by Crippen LogP contribution is -2.58. The van der Waals surface area contributed by atoms with Gasteiger partial charge in [-0.1, -0.05) is 13.0 Å². The highest BCUT2D eigenvalue weighted by Crippen LogP contribution is 2.26. The first-order chi connectivity index (χ1) is 9.43. The van der Waals surface area contributed by atoms with Crippen LogP contribution >= 0.6 is 0 Å². The van der Waals surface area contributed by atoms with Gasteiger partial charge in [-0.25, -0.2) is 4.39 Å². The standard InChI is InChI=1S/C14H17FN2O3/c1-3-11-14(20)16-13(19)7-17(11)12-5-4-9(8(2)18)6-10(12)15/h4-6,8,11,18H,3,7H2,1-2H3,(H,16,19,20). The second-order valence-electron chi connectivity index (χ2n) is 4.85. The van der Waals surface area contributed by atoms with Crippen LogP contribution in [0.5, 0.6) is 0 Å². The predicted molar refractivity (Wildman–Crippen MR) is 71.6 cm³/mol. The van der Waals surface area contributed by atoms with E-state index in [0.717, 1.165) is 0 Å². The highest BCUT2D eigenvalue weighted by atomic mass is 19.1. The SMILES string of the molecule is CCC1C(=O)NC(=O)CN1c1ccc(C(C)O)cc1F. The van der Waals surface area contributed by atoms with Gasteiger partial charge in [0.1, 0.15) is 11.9 Å². The number of hydrogen-bond acceptors (Lipinski definition) is 4. The number of amides is 2. The summed E-state index contributed by atoms with van der Waals surface area (Å²) in [4.78, 5) is 24.7. The molecule has 0 spiro atoms. The van der Waals surface area contributed by atoms with Crippen molar-refractivity contribution in [3.63, 3.8) is 0 Å². The Morgan fingerprint density at radius 1 is 1.50 bits per heavy atom. The van der Waals surface area contributed by atoms with Crippen molar-refractivity contribution in [2.24, 2.45) is 0 Å². The number of halogens is 1. The van der Waals surface area contributed by atoms with Crippen LogP contribution in [0.25, 0.3) is 0 Å². The molecule has 20 heavy (non-hydrogen) atoms. The molecule has 2 amide bonds. The van der Waals surface area contributed by atoms with Crippen molar-refractivity contribution < 1.29 is 19.1 Å². The normalized spacial score (nSPS) is 20.8. The second-order valence-corrected chi connectivity index (χ2v) is 4.85. The number of aliphatic hydroxyl groups excluding tert-OH is 1. The lowest BCUT2D eigenvalue weighted by molar-refractivity contribution is -0.132. The molecule has 1 aliphatic heterocycles. The van der Waals surface area contributed by atoms with Crippen LogP contribution in [0.1, 0.15) is 31.9 Å². The summed E-state index contributed by atoms with van der Waals surface area (Å²) in [5.41, 5.74) is 0.650. The van der Waals surface area contributed by atoms with E-state index in [0.29, 0.717) is 12.0 Å². The topological polar surface area (TPSA) is 69.6 Å². The average Bonchev–Trinajstić information content (AvgIpc) is 2.37. The number of hydrogen-bond donors (Lipinski definition) is 2. The summed E-state index contributed by atoms with van der Waals surface area (Å²) in [5.74, 6) is -1.41. The Morgan fingerprint density at radius 2 is 2.20 bits per heavy atom. The van der Waals surface area contributed by atoms with E-state index in [9.17, 15) is 19.1 Å². The fraction of sp³-hybridized carbons (Fsp3) is 0.429. The molecule has 1 aromatic rings. The molecule has 2 atom stereocenters. The van der Waals surface area contributed by atoms with Gasteiger partial charge in [0.05, 0.1) is 18.3 Å². The van der Waals surface area contributed by atoms with Crippen molar-refractivity contribution in [3.8, 4) is 0 Å². The van der Waals surface area contributed by atoms with Crippen molar-refractivity contribution in [1.29, 1.82) is 0 Å². The maximum absolute atomic E-state index is 14.2. The van der Waals surface area contributed by atoms with Gasteiger partial charge in [0, 0.05) is 0 Å². The number of imide groups is 1.